The first-order valence-electron chi connectivity index (χ1n) is 13.0. The van der Waals surface area contributed by atoms with E-state index in [0.717, 1.165) is 10.5 Å². The highest BCUT2D eigenvalue weighted by Gasteiger charge is 2.38. The Balaban J connectivity index is 1.53. The van der Waals surface area contributed by atoms with Gasteiger partial charge in [-0.15, -0.1) is 0 Å². The number of aromatic nitrogens is 4. The molecular formula is C31H30N6O5. The maximum Gasteiger partial charge on any atom is 0.261 e. The monoisotopic (exact) mass is 566 g/mol. The molecule has 1 aliphatic heterocycles. The molecule has 1 unspecified atom stereocenters. The summed E-state index contributed by atoms with van der Waals surface area (Å²) in [6, 6.07) is 10.9. The maximum atomic E-state index is 12.9. The number of hydrogen-bond donors (Lipinski definition) is 1. The van der Waals surface area contributed by atoms with Gasteiger partial charge in [0.15, 0.2) is 0 Å². The number of aliphatic hydroxyl groups excluding tert-OH is 1. The molecule has 0 saturated carbocycles. The van der Waals surface area contributed by atoms with Crippen molar-refractivity contribution in [3.63, 3.8) is 0 Å². The van der Waals surface area contributed by atoms with Crippen LogP contribution >= 0.6 is 0 Å². The number of amides is 2. The van der Waals surface area contributed by atoms with Crippen molar-refractivity contribution in [2.75, 3.05) is 32.2 Å². The van der Waals surface area contributed by atoms with Gasteiger partial charge in [0.1, 0.15) is 11.5 Å². The second kappa shape index (κ2) is 11.7. The van der Waals surface area contributed by atoms with Gasteiger partial charge in [-0.3, -0.25) is 24.2 Å². The van der Waals surface area contributed by atoms with Gasteiger partial charge in [0.05, 0.1) is 68.1 Å². The average Bonchev–Trinajstić information content (AvgIpc) is 3.52. The molecule has 0 spiro atoms. The smallest absolute Gasteiger partial charge is 0.261 e. The van der Waals surface area contributed by atoms with Crippen LogP contribution in [0.3, 0.4) is 0 Å². The summed E-state index contributed by atoms with van der Waals surface area (Å²) in [6.07, 6.45) is 7.01. The van der Waals surface area contributed by atoms with Gasteiger partial charge in [0, 0.05) is 54.0 Å². The summed E-state index contributed by atoms with van der Waals surface area (Å²) in [4.78, 5) is 37.9. The molecule has 1 aliphatic rings. The van der Waals surface area contributed by atoms with E-state index >= 15 is 0 Å². The van der Waals surface area contributed by atoms with E-state index in [1.54, 1.807) is 49.5 Å². The summed E-state index contributed by atoms with van der Waals surface area (Å²) >= 11 is 0. The lowest BCUT2D eigenvalue weighted by Gasteiger charge is -2.29. The van der Waals surface area contributed by atoms with Crippen molar-refractivity contribution in [3.05, 3.63) is 91.4 Å². The molecule has 2 aromatic carbocycles. The Kier molecular flexibility index (Phi) is 7.85. The molecule has 4 aromatic rings. The molecule has 0 bridgehead atoms. The third-order valence-corrected chi connectivity index (χ3v) is 6.86. The van der Waals surface area contributed by atoms with Gasteiger partial charge in [-0.05, 0) is 24.3 Å². The third-order valence-electron chi connectivity index (χ3n) is 6.86. The van der Waals surface area contributed by atoms with Crippen LogP contribution in [0.5, 0.6) is 11.5 Å². The molecule has 5 rings (SSSR count). The molecule has 1 N–H and O–H groups in total. The number of benzene rings is 2. The molecule has 0 aliphatic carbocycles. The van der Waals surface area contributed by atoms with Crippen LogP contribution in [0.2, 0.25) is 0 Å². The Hall–Kier alpha value is -5.29. The molecule has 1 saturated heterocycles. The van der Waals surface area contributed by atoms with Crippen molar-refractivity contribution in [1.29, 1.82) is 0 Å². The quantitative estimate of drug-likeness (QED) is 0.227. The van der Waals surface area contributed by atoms with Gasteiger partial charge in [0.2, 0.25) is 0 Å². The first-order chi connectivity index (χ1) is 20.2. The highest BCUT2D eigenvalue weighted by Crippen LogP contribution is 2.35. The highest BCUT2D eigenvalue weighted by atomic mass is 16.5. The summed E-state index contributed by atoms with van der Waals surface area (Å²) in [5.74, 6) is 0.0143. The van der Waals surface area contributed by atoms with Crippen LogP contribution in [-0.2, 0) is 16.6 Å². The normalized spacial score (nSPS) is 15.0. The fourth-order valence-corrected chi connectivity index (χ4v) is 4.75. The van der Waals surface area contributed by atoms with Crippen LogP contribution in [0.15, 0.2) is 91.4 Å². The third kappa shape index (κ3) is 5.50. The van der Waals surface area contributed by atoms with Gasteiger partial charge in [-0.1, -0.05) is 19.2 Å². The lowest BCUT2D eigenvalue weighted by atomic mass is 10.1. The fourth-order valence-electron chi connectivity index (χ4n) is 4.75. The van der Waals surface area contributed by atoms with Crippen molar-refractivity contribution in [2.24, 2.45) is 7.05 Å². The number of allylic oxidation sites excluding steroid dienone is 2. The number of methoxy groups -OCH3 is 2. The number of β-amino-alcohol motifs (C(OH)–C–C–N with tert-alkyl or cyclic N) is 1. The molecule has 2 aromatic heterocycles. The SMILES string of the molecule is C=C/C=C1\C(=C)C(=O)N(CC(O)CN(c2cc(OC)cc(OC)c2)c2ccc3ncc(-c4cnn(C)c4)nc3c2)C1=O. The Morgan fingerprint density at radius 3 is 2.40 bits per heavy atom. The van der Waals surface area contributed by atoms with Crippen molar-refractivity contribution in [2.45, 2.75) is 6.10 Å². The number of carbonyl (C=O) groups excluding carboxylic acids is 2. The number of imide groups is 1. The molecule has 3 heterocycles. The predicted molar refractivity (Wildman–Crippen MR) is 158 cm³/mol. The van der Waals surface area contributed by atoms with Crippen molar-refractivity contribution in [3.8, 4) is 22.8 Å². The van der Waals surface area contributed by atoms with E-state index in [9.17, 15) is 14.7 Å². The summed E-state index contributed by atoms with van der Waals surface area (Å²) in [5, 5.41) is 15.5. The number of nitrogens with zero attached hydrogens (tertiary/aromatic N) is 6. The number of aliphatic hydroxyl groups is 1. The first-order valence-corrected chi connectivity index (χ1v) is 13.0. The largest absolute Gasteiger partial charge is 0.497 e. The topological polar surface area (TPSA) is 123 Å². The van der Waals surface area contributed by atoms with Crippen LogP contribution < -0.4 is 14.4 Å². The van der Waals surface area contributed by atoms with E-state index in [0.29, 0.717) is 39.6 Å². The molecule has 1 fully saturated rings. The fraction of sp³-hybridized carbons (Fsp3) is 0.194. The maximum absolute atomic E-state index is 12.9. The van der Waals surface area contributed by atoms with Crippen LogP contribution in [-0.4, -0.2) is 75.0 Å². The molecule has 42 heavy (non-hydrogen) atoms. The minimum absolute atomic E-state index is 0.0155. The Bertz CT molecular complexity index is 1720. The van der Waals surface area contributed by atoms with E-state index in [4.69, 9.17) is 14.5 Å². The summed E-state index contributed by atoms with van der Waals surface area (Å²) < 4.78 is 12.7. The van der Waals surface area contributed by atoms with E-state index in [1.165, 1.54) is 12.2 Å². The Morgan fingerprint density at radius 2 is 1.76 bits per heavy atom. The summed E-state index contributed by atoms with van der Waals surface area (Å²) in [6.45, 7) is 7.11. The van der Waals surface area contributed by atoms with Gasteiger partial charge in [0.25, 0.3) is 11.8 Å². The van der Waals surface area contributed by atoms with Crippen molar-refractivity contribution in [1.82, 2.24) is 24.6 Å². The van der Waals surface area contributed by atoms with E-state index in [-0.39, 0.29) is 24.2 Å². The lowest BCUT2D eigenvalue weighted by molar-refractivity contribution is -0.138. The second-order valence-electron chi connectivity index (χ2n) is 9.68. The van der Waals surface area contributed by atoms with Crippen molar-refractivity contribution < 1.29 is 24.2 Å². The van der Waals surface area contributed by atoms with Crippen LogP contribution in [0.25, 0.3) is 22.3 Å². The van der Waals surface area contributed by atoms with Crippen LogP contribution in [0.1, 0.15) is 0 Å². The molecule has 214 valence electrons. The number of carbonyl (C=O) groups is 2. The van der Waals surface area contributed by atoms with Crippen molar-refractivity contribution >= 4 is 34.2 Å². The zero-order valence-electron chi connectivity index (χ0n) is 23.5. The van der Waals surface area contributed by atoms with E-state index in [1.807, 2.05) is 36.3 Å². The van der Waals surface area contributed by atoms with E-state index < -0.39 is 17.9 Å². The molecule has 1 atom stereocenters. The number of fused-ring (bicyclic) bond motifs is 1. The summed E-state index contributed by atoms with van der Waals surface area (Å²) in [7, 11) is 4.93. The number of aryl methyl sites for hydroxylation is 1. The minimum atomic E-state index is -1.13. The molecule has 0 radical (unpaired) electrons. The highest BCUT2D eigenvalue weighted by molar-refractivity contribution is 6.24. The number of rotatable bonds is 10. The second-order valence-corrected chi connectivity index (χ2v) is 9.68. The Labute approximate surface area is 242 Å². The zero-order chi connectivity index (χ0) is 30.0. The van der Waals surface area contributed by atoms with Crippen LogP contribution in [0.4, 0.5) is 11.4 Å². The number of likely N-dealkylation sites (tertiary alicyclic amines) is 1. The average molecular weight is 567 g/mol. The molecule has 2 amide bonds. The lowest BCUT2D eigenvalue weighted by Crippen LogP contribution is -2.41. The standard InChI is InChI=1S/C31H30N6O5/c1-6-7-26-19(2)30(39)37(31(26)40)18-23(38)17-36(22-10-24(41-4)13-25(11-22)42-5)21-8-9-27-28(12-21)34-29(15-32-27)20-14-33-35(3)16-20/h6-16,23,38H,1-2,17-18H2,3-5H3/b26-7+. The molecule has 11 nitrogen and oxygen atoms in total. The number of anilines is 2. The zero-order valence-corrected chi connectivity index (χ0v) is 23.5. The summed E-state index contributed by atoms with van der Waals surface area (Å²) in [5.41, 5.74) is 4.37. The van der Waals surface area contributed by atoms with Crippen LogP contribution in [0, 0.1) is 0 Å². The number of hydrogen-bond acceptors (Lipinski definition) is 9. The molecule has 11 heteroatoms. The van der Waals surface area contributed by atoms with Gasteiger partial charge < -0.3 is 19.5 Å². The number of ether oxygens (including phenoxy) is 2. The molecular weight excluding hydrogens is 536 g/mol. The van der Waals surface area contributed by atoms with Gasteiger partial charge in [-0.2, -0.15) is 5.10 Å². The van der Waals surface area contributed by atoms with E-state index in [2.05, 4.69) is 23.2 Å². The van der Waals surface area contributed by atoms with Gasteiger partial charge >= 0.3 is 0 Å². The Morgan fingerprint density at radius 1 is 1.02 bits per heavy atom. The first kappa shape index (κ1) is 28.2. The van der Waals surface area contributed by atoms with Gasteiger partial charge in [-0.25, -0.2) is 4.98 Å². The minimum Gasteiger partial charge on any atom is -0.497 e. The predicted octanol–water partition coefficient (Wildman–Crippen LogP) is 3.58.